The predicted molar refractivity (Wildman–Crippen MR) is 58.2 cm³/mol. The zero-order valence-corrected chi connectivity index (χ0v) is 8.93. The van der Waals surface area contributed by atoms with E-state index in [0.717, 1.165) is 12.0 Å². The van der Waals surface area contributed by atoms with Crippen molar-refractivity contribution >= 4 is 6.21 Å². The number of benzene rings is 1. The first-order valence-electron chi connectivity index (χ1n) is 4.80. The zero-order chi connectivity index (χ0) is 11.1. The van der Waals surface area contributed by atoms with E-state index in [2.05, 4.69) is 5.16 Å². The molecule has 0 aromatic heterocycles. The molecule has 0 heterocycles. The largest absolute Gasteiger partial charge is 0.493 e. The molecule has 1 rings (SSSR count). The van der Waals surface area contributed by atoms with Crippen molar-refractivity contribution in [3.8, 4) is 11.5 Å². The summed E-state index contributed by atoms with van der Waals surface area (Å²) in [5.41, 5.74) is 0.768. The molecule has 4 heteroatoms. The van der Waals surface area contributed by atoms with Crippen molar-refractivity contribution in [1.82, 2.24) is 0 Å². The molecule has 0 atom stereocenters. The van der Waals surface area contributed by atoms with Gasteiger partial charge in [-0.3, -0.25) is 0 Å². The molecule has 1 aromatic carbocycles. The lowest BCUT2D eigenvalue weighted by Gasteiger charge is -2.10. The molecule has 1 aromatic rings. The van der Waals surface area contributed by atoms with E-state index in [4.69, 9.17) is 14.7 Å². The summed E-state index contributed by atoms with van der Waals surface area (Å²) < 4.78 is 10.6. The maximum absolute atomic E-state index is 8.41. The van der Waals surface area contributed by atoms with Crippen molar-refractivity contribution in [1.29, 1.82) is 0 Å². The van der Waals surface area contributed by atoms with E-state index < -0.39 is 0 Å². The molecule has 1 N–H and O–H groups in total. The standard InChI is InChI=1S/C11H15NO3/c1-3-6-15-11-7-9(8-12-13)4-5-10(11)14-2/h4-5,7-8,13H,3,6H2,1-2H3/b12-8+. The fraction of sp³-hybridized carbons (Fsp3) is 0.364. The van der Waals surface area contributed by atoms with Gasteiger partial charge in [0.2, 0.25) is 0 Å². The highest BCUT2D eigenvalue weighted by Crippen LogP contribution is 2.27. The highest BCUT2D eigenvalue weighted by molar-refractivity contribution is 5.80. The second kappa shape index (κ2) is 5.90. The summed E-state index contributed by atoms with van der Waals surface area (Å²) in [6, 6.07) is 5.34. The van der Waals surface area contributed by atoms with Crippen LogP contribution in [0.5, 0.6) is 11.5 Å². The minimum Gasteiger partial charge on any atom is -0.493 e. The van der Waals surface area contributed by atoms with Crippen LogP contribution in [0.25, 0.3) is 0 Å². The fourth-order valence-corrected chi connectivity index (χ4v) is 1.17. The Morgan fingerprint density at radius 3 is 2.80 bits per heavy atom. The van der Waals surface area contributed by atoms with Crippen molar-refractivity contribution in [2.75, 3.05) is 13.7 Å². The van der Waals surface area contributed by atoms with Crippen LogP contribution in [0, 0.1) is 0 Å². The van der Waals surface area contributed by atoms with Crippen LogP contribution in [0.15, 0.2) is 23.4 Å². The molecule has 0 saturated heterocycles. The molecule has 0 bridgehead atoms. The van der Waals surface area contributed by atoms with Gasteiger partial charge in [0.25, 0.3) is 0 Å². The molecule has 0 spiro atoms. The van der Waals surface area contributed by atoms with E-state index in [1.165, 1.54) is 6.21 Å². The summed E-state index contributed by atoms with van der Waals surface area (Å²) >= 11 is 0. The molecule has 0 fully saturated rings. The Labute approximate surface area is 89.1 Å². The van der Waals surface area contributed by atoms with Crippen LogP contribution in [0.4, 0.5) is 0 Å². The third-order valence-electron chi connectivity index (χ3n) is 1.86. The summed E-state index contributed by atoms with van der Waals surface area (Å²) in [5.74, 6) is 1.34. The molecular formula is C11H15NO3. The van der Waals surface area contributed by atoms with Crippen LogP contribution in [0.2, 0.25) is 0 Å². The Morgan fingerprint density at radius 1 is 1.40 bits per heavy atom. The topological polar surface area (TPSA) is 51.0 Å². The summed E-state index contributed by atoms with van der Waals surface area (Å²) in [4.78, 5) is 0. The predicted octanol–water partition coefficient (Wildman–Crippen LogP) is 2.29. The highest BCUT2D eigenvalue weighted by Gasteiger charge is 2.04. The smallest absolute Gasteiger partial charge is 0.161 e. The Balaban J connectivity index is 2.91. The van der Waals surface area contributed by atoms with E-state index in [1.807, 2.05) is 6.92 Å². The van der Waals surface area contributed by atoms with Crippen LogP contribution < -0.4 is 9.47 Å². The van der Waals surface area contributed by atoms with Gasteiger partial charge in [0.15, 0.2) is 11.5 Å². The summed E-state index contributed by atoms with van der Waals surface area (Å²) in [5, 5.41) is 11.4. The number of methoxy groups -OCH3 is 1. The van der Waals surface area contributed by atoms with E-state index in [9.17, 15) is 0 Å². The van der Waals surface area contributed by atoms with Crippen LogP contribution in [-0.2, 0) is 0 Å². The summed E-state index contributed by atoms with van der Waals surface area (Å²) in [7, 11) is 1.59. The van der Waals surface area contributed by atoms with E-state index in [0.29, 0.717) is 18.1 Å². The normalized spacial score (nSPS) is 10.5. The third kappa shape index (κ3) is 3.16. The first-order chi connectivity index (χ1) is 7.31. The van der Waals surface area contributed by atoms with Crippen molar-refractivity contribution in [2.24, 2.45) is 5.16 Å². The van der Waals surface area contributed by atoms with Crippen molar-refractivity contribution in [3.05, 3.63) is 23.8 Å². The zero-order valence-electron chi connectivity index (χ0n) is 8.93. The van der Waals surface area contributed by atoms with Crippen LogP contribution in [-0.4, -0.2) is 25.1 Å². The molecule has 0 saturated carbocycles. The van der Waals surface area contributed by atoms with E-state index >= 15 is 0 Å². The third-order valence-corrected chi connectivity index (χ3v) is 1.86. The lowest BCUT2D eigenvalue weighted by atomic mass is 10.2. The molecule has 0 aliphatic heterocycles. The van der Waals surface area contributed by atoms with Crippen LogP contribution in [0.3, 0.4) is 0 Å². The lowest BCUT2D eigenvalue weighted by molar-refractivity contribution is 0.294. The average molecular weight is 209 g/mol. The Bertz CT molecular complexity index is 337. The summed E-state index contributed by atoms with van der Waals surface area (Å²) in [6.45, 7) is 2.67. The molecular weight excluding hydrogens is 194 g/mol. The summed E-state index contributed by atoms with van der Waals surface area (Å²) in [6.07, 6.45) is 2.28. The maximum Gasteiger partial charge on any atom is 0.161 e. The fourth-order valence-electron chi connectivity index (χ4n) is 1.17. The second-order valence-electron chi connectivity index (χ2n) is 3.00. The molecule has 82 valence electrons. The number of rotatable bonds is 5. The molecule has 0 radical (unpaired) electrons. The van der Waals surface area contributed by atoms with Gasteiger partial charge < -0.3 is 14.7 Å². The van der Waals surface area contributed by atoms with Crippen molar-refractivity contribution < 1.29 is 14.7 Å². The Hall–Kier alpha value is -1.71. The van der Waals surface area contributed by atoms with Gasteiger partial charge in [-0.05, 0) is 24.6 Å². The second-order valence-corrected chi connectivity index (χ2v) is 3.00. The van der Waals surface area contributed by atoms with E-state index in [1.54, 1.807) is 25.3 Å². The van der Waals surface area contributed by atoms with Gasteiger partial charge in [0, 0.05) is 5.56 Å². The van der Waals surface area contributed by atoms with Gasteiger partial charge in [-0.2, -0.15) is 0 Å². The monoisotopic (exact) mass is 209 g/mol. The van der Waals surface area contributed by atoms with Gasteiger partial charge in [0.05, 0.1) is 19.9 Å². The Kier molecular flexibility index (Phi) is 4.47. The molecule has 0 unspecified atom stereocenters. The number of ether oxygens (including phenoxy) is 2. The quantitative estimate of drug-likeness (QED) is 0.460. The number of hydrogen-bond acceptors (Lipinski definition) is 4. The highest BCUT2D eigenvalue weighted by atomic mass is 16.5. The molecule has 0 aliphatic rings. The molecule has 0 amide bonds. The minimum atomic E-state index is 0.635. The Morgan fingerprint density at radius 2 is 2.20 bits per heavy atom. The number of nitrogens with zero attached hydrogens (tertiary/aromatic N) is 1. The lowest BCUT2D eigenvalue weighted by Crippen LogP contribution is -1.98. The van der Waals surface area contributed by atoms with Crippen LogP contribution >= 0.6 is 0 Å². The molecule has 15 heavy (non-hydrogen) atoms. The SMILES string of the molecule is CCCOc1cc(/C=N/O)ccc1OC. The molecule has 0 aliphatic carbocycles. The first kappa shape index (κ1) is 11.4. The number of oxime groups is 1. The van der Waals surface area contributed by atoms with Gasteiger partial charge in [0.1, 0.15) is 0 Å². The van der Waals surface area contributed by atoms with Gasteiger partial charge >= 0.3 is 0 Å². The van der Waals surface area contributed by atoms with Crippen molar-refractivity contribution in [2.45, 2.75) is 13.3 Å². The average Bonchev–Trinajstić information content (AvgIpc) is 2.27. The maximum atomic E-state index is 8.41. The van der Waals surface area contributed by atoms with E-state index in [-0.39, 0.29) is 0 Å². The molecule has 4 nitrogen and oxygen atoms in total. The first-order valence-corrected chi connectivity index (χ1v) is 4.80. The van der Waals surface area contributed by atoms with Gasteiger partial charge in [-0.25, -0.2) is 0 Å². The minimum absolute atomic E-state index is 0.635. The van der Waals surface area contributed by atoms with Gasteiger partial charge in [-0.15, -0.1) is 0 Å². The van der Waals surface area contributed by atoms with Crippen molar-refractivity contribution in [3.63, 3.8) is 0 Å². The van der Waals surface area contributed by atoms with Gasteiger partial charge in [-0.1, -0.05) is 12.1 Å². The number of hydrogen-bond donors (Lipinski definition) is 1. The van der Waals surface area contributed by atoms with Crippen LogP contribution in [0.1, 0.15) is 18.9 Å².